The van der Waals surface area contributed by atoms with Gasteiger partial charge < -0.3 is 5.11 Å². The Morgan fingerprint density at radius 3 is 2.43 bits per heavy atom. The van der Waals surface area contributed by atoms with Gasteiger partial charge in [-0.3, -0.25) is 4.90 Å². The highest BCUT2D eigenvalue weighted by Crippen LogP contribution is 2.22. The van der Waals surface area contributed by atoms with E-state index in [-0.39, 0.29) is 0 Å². The quantitative estimate of drug-likeness (QED) is 0.777. The standard InChI is InChI=1S/C11H23NOS/c1-9-4-6-12(7-5-9)10(2)11(8-13)14-3/h9-11,13H,4-8H2,1-3H3. The third kappa shape index (κ3) is 3.14. The van der Waals surface area contributed by atoms with Crippen LogP contribution in [0, 0.1) is 5.92 Å². The van der Waals surface area contributed by atoms with Crippen LogP contribution in [-0.4, -0.2) is 47.3 Å². The van der Waals surface area contributed by atoms with Crippen LogP contribution in [0.15, 0.2) is 0 Å². The van der Waals surface area contributed by atoms with Crippen molar-refractivity contribution in [2.75, 3.05) is 26.0 Å². The largest absolute Gasteiger partial charge is 0.395 e. The summed E-state index contributed by atoms with van der Waals surface area (Å²) in [4.78, 5) is 2.53. The third-order valence-corrected chi connectivity index (χ3v) is 4.56. The first kappa shape index (κ1) is 12.3. The number of aliphatic hydroxyl groups excluding tert-OH is 1. The molecule has 0 aliphatic carbocycles. The lowest BCUT2D eigenvalue weighted by Gasteiger charge is -2.37. The molecule has 0 spiro atoms. The number of aliphatic hydroxyl groups is 1. The van der Waals surface area contributed by atoms with Crippen molar-refractivity contribution in [3.05, 3.63) is 0 Å². The monoisotopic (exact) mass is 217 g/mol. The Bertz CT molecular complexity index is 153. The number of thioether (sulfide) groups is 1. The summed E-state index contributed by atoms with van der Waals surface area (Å²) >= 11 is 1.78. The highest BCUT2D eigenvalue weighted by molar-refractivity contribution is 7.99. The molecule has 0 aromatic carbocycles. The predicted octanol–water partition coefficient (Wildman–Crippen LogP) is 1.83. The highest BCUT2D eigenvalue weighted by atomic mass is 32.2. The molecule has 1 heterocycles. The number of piperidine rings is 1. The third-order valence-electron chi connectivity index (χ3n) is 3.41. The predicted molar refractivity (Wildman–Crippen MR) is 63.8 cm³/mol. The van der Waals surface area contributed by atoms with Crippen molar-refractivity contribution in [2.45, 2.75) is 38.0 Å². The molecular weight excluding hydrogens is 194 g/mol. The van der Waals surface area contributed by atoms with Gasteiger partial charge in [-0.1, -0.05) is 6.92 Å². The fourth-order valence-electron chi connectivity index (χ4n) is 2.09. The summed E-state index contributed by atoms with van der Waals surface area (Å²) in [5.74, 6) is 0.889. The Balaban J connectivity index is 2.39. The molecule has 14 heavy (non-hydrogen) atoms. The van der Waals surface area contributed by atoms with Crippen LogP contribution in [0.4, 0.5) is 0 Å². The second-order valence-electron chi connectivity index (χ2n) is 4.42. The Morgan fingerprint density at radius 1 is 1.43 bits per heavy atom. The molecule has 3 heteroatoms. The molecule has 1 saturated heterocycles. The van der Waals surface area contributed by atoms with E-state index < -0.39 is 0 Å². The Morgan fingerprint density at radius 2 is 2.00 bits per heavy atom. The maximum atomic E-state index is 9.23. The summed E-state index contributed by atoms with van der Waals surface area (Å²) in [6.07, 6.45) is 4.72. The molecule has 2 atom stereocenters. The Kier molecular flexibility index (Phi) is 5.28. The van der Waals surface area contributed by atoms with Crippen LogP contribution in [0.5, 0.6) is 0 Å². The van der Waals surface area contributed by atoms with Crippen molar-refractivity contribution in [1.29, 1.82) is 0 Å². The van der Waals surface area contributed by atoms with E-state index in [9.17, 15) is 5.11 Å². The minimum absolute atomic E-state index is 0.300. The van der Waals surface area contributed by atoms with E-state index in [0.717, 1.165) is 5.92 Å². The van der Waals surface area contributed by atoms with E-state index in [1.165, 1.54) is 25.9 Å². The van der Waals surface area contributed by atoms with E-state index in [4.69, 9.17) is 0 Å². The van der Waals surface area contributed by atoms with Gasteiger partial charge >= 0.3 is 0 Å². The van der Waals surface area contributed by atoms with Crippen molar-refractivity contribution in [1.82, 2.24) is 4.90 Å². The molecule has 0 aromatic heterocycles. The molecule has 0 amide bonds. The molecule has 1 N–H and O–H groups in total. The van der Waals surface area contributed by atoms with E-state index in [2.05, 4.69) is 25.0 Å². The minimum Gasteiger partial charge on any atom is -0.395 e. The van der Waals surface area contributed by atoms with Crippen LogP contribution in [0.3, 0.4) is 0 Å². The molecule has 2 unspecified atom stereocenters. The smallest absolute Gasteiger partial charge is 0.0565 e. The molecule has 0 aromatic rings. The van der Waals surface area contributed by atoms with E-state index >= 15 is 0 Å². The van der Waals surface area contributed by atoms with Gasteiger partial charge in [-0.05, 0) is 45.0 Å². The molecule has 0 saturated carbocycles. The van der Waals surface area contributed by atoms with Gasteiger partial charge in [0.15, 0.2) is 0 Å². The topological polar surface area (TPSA) is 23.5 Å². The van der Waals surface area contributed by atoms with Gasteiger partial charge in [0.2, 0.25) is 0 Å². The molecule has 84 valence electrons. The number of nitrogens with zero attached hydrogens (tertiary/aromatic N) is 1. The van der Waals surface area contributed by atoms with Gasteiger partial charge in [-0.25, -0.2) is 0 Å². The Labute approximate surface area is 92.1 Å². The second kappa shape index (κ2) is 5.99. The van der Waals surface area contributed by atoms with Crippen LogP contribution in [0.25, 0.3) is 0 Å². The molecule has 1 fully saturated rings. The SMILES string of the molecule is CSC(CO)C(C)N1CCC(C)CC1. The number of hydrogen-bond acceptors (Lipinski definition) is 3. The van der Waals surface area contributed by atoms with Gasteiger partial charge in [-0.2, -0.15) is 11.8 Å². The first-order valence-electron chi connectivity index (χ1n) is 5.56. The minimum atomic E-state index is 0.300. The van der Waals surface area contributed by atoms with Crippen LogP contribution in [0.2, 0.25) is 0 Å². The maximum Gasteiger partial charge on any atom is 0.0565 e. The van der Waals surface area contributed by atoms with Crippen LogP contribution >= 0.6 is 11.8 Å². The fourth-order valence-corrected chi connectivity index (χ4v) is 2.81. The normalized spacial score (nSPS) is 24.9. The van der Waals surface area contributed by atoms with E-state index in [0.29, 0.717) is 17.9 Å². The van der Waals surface area contributed by atoms with Gasteiger partial charge in [0.05, 0.1) is 6.61 Å². The summed E-state index contributed by atoms with van der Waals surface area (Å²) in [5.41, 5.74) is 0. The van der Waals surface area contributed by atoms with Gasteiger partial charge in [0, 0.05) is 11.3 Å². The molecule has 1 aliphatic heterocycles. The zero-order valence-corrected chi connectivity index (χ0v) is 10.4. The number of rotatable bonds is 4. The summed E-state index contributed by atoms with van der Waals surface area (Å²) < 4.78 is 0. The molecular formula is C11H23NOS. The van der Waals surface area contributed by atoms with Crippen LogP contribution < -0.4 is 0 Å². The van der Waals surface area contributed by atoms with Crippen molar-refractivity contribution in [2.24, 2.45) is 5.92 Å². The summed E-state index contributed by atoms with van der Waals surface area (Å²) in [7, 11) is 0. The lowest BCUT2D eigenvalue weighted by molar-refractivity contribution is 0.129. The zero-order valence-electron chi connectivity index (χ0n) is 9.57. The second-order valence-corrected chi connectivity index (χ2v) is 5.49. The summed E-state index contributed by atoms with van der Waals surface area (Å²) in [6.45, 7) is 7.29. The summed E-state index contributed by atoms with van der Waals surface area (Å²) in [5, 5.41) is 9.61. The van der Waals surface area contributed by atoms with Gasteiger partial charge in [-0.15, -0.1) is 0 Å². The maximum absolute atomic E-state index is 9.23. The van der Waals surface area contributed by atoms with Gasteiger partial charge in [0.25, 0.3) is 0 Å². The van der Waals surface area contributed by atoms with Gasteiger partial charge in [0.1, 0.15) is 0 Å². The highest BCUT2D eigenvalue weighted by Gasteiger charge is 2.25. The molecule has 1 aliphatic rings. The van der Waals surface area contributed by atoms with Crippen LogP contribution in [-0.2, 0) is 0 Å². The Hall–Kier alpha value is 0.270. The van der Waals surface area contributed by atoms with E-state index in [1.807, 2.05) is 0 Å². The fraction of sp³-hybridized carbons (Fsp3) is 1.00. The van der Waals surface area contributed by atoms with Crippen molar-refractivity contribution in [3.8, 4) is 0 Å². The lowest BCUT2D eigenvalue weighted by atomic mass is 9.97. The molecule has 2 nitrogen and oxygen atoms in total. The van der Waals surface area contributed by atoms with Crippen molar-refractivity contribution >= 4 is 11.8 Å². The molecule has 0 bridgehead atoms. The van der Waals surface area contributed by atoms with Crippen LogP contribution in [0.1, 0.15) is 26.7 Å². The zero-order chi connectivity index (χ0) is 10.6. The number of likely N-dealkylation sites (tertiary alicyclic amines) is 1. The average molecular weight is 217 g/mol. The van der Waals surface area contributed by atoms with E-state index in [1.54, 1.807) is 11.8 Å². The molecule has 1 rings (SSSR count). The average Bonchev–Trinajstić information content (AvgIpc) is 2.20. The van der Waals surface area contributed by atoms with Crippen molar-refractivity contribution < 1.29 is 5.11 Å². The molecule has 0 radical (unpaired) electrons. The number of hydrogen-bond donors (Lipinski definition) is 1. The first-order valence-corrected chi connectivity index (χ1v) is 6.85. The summed E-state index contributed by atoms with van der Waals surface area (Å²) in [6, 6.07) is 0.516. The lowest BCUT2D eigenvalue weighted by Crippen LogP contribution is -2.45. The first-order chi connectivity index (χ1) is 6.69. The van der Waals surface area contributed by atoms with Crippen molar-refractivity contribution in [3.63, 3.8) is 0 Å².